The highest BCUT2D eigenvalue weighted by molar-refractivity contribution is 5.80. The number of aromatic nitrogens is 1. The lowest BCUT2D eigenvalue weighted by Crippen LogP contribution is -1.86. The van der Waals surface area contributed by atoms with E-state index in [0.717, 1.165) is 11.5 Å². The summed E-state index contributed by atoms with van der Waals surface area (Å²) in [5, 5.41) is 3.06. The van der Waals surface area contributed by atoms with Gasteiger partial charge < -0.3 is 5.32 Å². The van der Waals surface area contributed by atoms with Gasteiger partial charge in [0.15, 0.2) is 5.82 Å². The molecule has 0 saturated heterocycles. The van der Waals surface area contributed by atoms with Gasteiger partial charge in [0, 0.05) is 18.6 Å². The lowest BCUT2D eigenvalue weighted by molar-refractivity contribution is 1.28. The number of hydrogen-bond acceptors (Lipinski definition) is 3. The first-order valence-electron chi connectivity index (χ1n) is 3.37. The standard InChI is InChI=1S/C8H7N3/c1-3-7-8(10-4-1)11-6-2-5-9-7/h1-6,9H. The molecule has 0 saturated carbocycles. The van der Waals surface area contributed by atoms with Crippen LogP contribution in [0.1, 0.15) is 0 Å². The first-order valence-corrected chi connectivity index (χ1v) is 3.37. The minimum atomic E-state index is 0.734. The lowest BCUT2D eigenvalue weighted by Gasteiger charge is -1.99. The average Bonchev–Trinajstić information content (AvgIpc) is 2.28. The zero-order valence-corrected chi connectivity index (χ0v) is 5.86. The zero-order chi connectivity index (χ0) is 7.52. The smallest absolute Gasteiger partial charge is 0.175 e. The predicted octanol–water partition coefficient (Wildman–Crippen LogP) is 1.72. The monoisotopic (exact) mass is 145 g/mol. The molecule has 0 aliphatic carbocycles. The van der Waals surface area contributed by atoms with Crippen molar-refractivity contribution in [2.75, 3.05) is 5.32 Å². The highest BCUT2D eigenvalue weighted by Crippen LogP contribution is 2.21. The summed E-state index contributed by atoms with van der Waals surface area (Å²) in [6.07, 6.45) is 7.10. The van der Waals surface area contributed by atoms with Crippen molar-refractivity contribution in [3.8, 4) is 0 Å². The van der Waals surface area contributed by atoms with Crippen LogP contribution in [0.5, 0.6) is 0 Å². The number of rotatable bonds is 0. The Hall–Kier alpha value is -1.64. The fourth-order valence-electron chi connectivity index (χ4n) is 0.907. The van der Waals surface area contributed by atoms with Crippen molar-refractivity contribution in [2.24, 2.45) is 4.99 Å². The maximum atomic E-state index is 4.10. The van der Waals surface area contributed by atoms with Gasteiger partial charge in [0.2, 0.25) is 0 Å². The second-order valence-corrected chi connectivity index (χ2v) is 2.16. The second kappa shape index (κ2) is 2.54. The van der Waals surface area contributed by atoms with E-state index in [4.69, 9.17) is 0 Å². The molecule has 0 radical (unpaired) electrons. The fourth-order valence-corrected chi connectivity index (χ4v) is 0.907. The number of allylic oxidation sites excluding steroid dienone is 1. The van der Waals surface area contributed by atoms with Crippen molar-refractivity contribution in [1.82, 2.24) is 4.98 Å². The number of nitrogens with one attached hydrogen (secondary N) is 1. The molecule has 2 heterocycles. The van der Waals surface area contributed by atoms with Crippen molar-refractivity contribution >= 4 is 17.7 Å². The molecule has 1 N–H and O–H groups in total. The second-order valence-electron chi connectivity index (χ2n) is 2.16. The molecule has 2 rings (SSSR count). The summed E-state index contributed by atoms with van der Waals surface area (Å²) in [7, 11) is 0. The number of anilines is 1. The molecular formula is C8H7N3. The molecule has 1 aromatic heterocycles. The number of hydrogen-bond donors (Lipinski definition) is 1. The minimum absolute atomic E-state index is 0.734. The predicted molar refractivity (Wildman–Crippen MR) is 45.2 cm³/mol. The van der Waals surface area contributed by atoms with Gasteiger partial charge in [-0.2, -0.15) is 0 Å². The van der Waals surface area contributed by atoms with Crippen LogP contribution in [0, 0.1) is 0 Å². The zero-order valence-electron chi connectivity index (χ0n) is 5.86. The Labute approximate surface area is 64.5 Å². The molecule has 0 unspecified atom stereocenters. The molecule has 0 fully saturated rings. The summed E-state index contributed by atoms with van der Waals surface area (Å²) in [5.74, 6) is 0.734. The normalized spacial score (nSPS) is 13.5. The van der Waals surface area contributed by atoms with E-state index in [1.807, 2.05) is 24.4 Å². The van der Waals surface area contributed by atoms with Crippen LogP contribution in [-0.2, 0) is 0 Å². The van der Waals surface area contributed by atoms with Crippen molar-refractivity contribution in [3.05, 3.63) is 30.6 Å². The minimum Gasteiger partial charge on any atom is -0.359 e. The van der Waals surface area contributed by atoms with Gasteiger partial charge in [0.05, 0.1) is 5.69 Å². The van der Waals surface area contributed by atoms with Gasteiger partial charge in [-0.3, -0.25) is 0 Å². The first-order chi connectivity index (χ1) is 5.47. The largest absolute Gasteiger partial charge is 0.359 e. The maximum Gasteiger partial charge on any atom is 0.175 e. The molecule has 3 heteroatoms. The molecule has 1 aliphatic rings. The molecule has 1 aliphatic heterocycles. The number of pyridine rings is 1. The summed E-state index contributed by atoms with van der Waals surface area (Å²) < 4.78 is 0. The van der Waals surface area contributed by atoms with Gasteiger partial charge in [0.1, 0.15) is 0 Å². The highest BCUT2D eigenvalue weighted by Gasteiger charge is 1.98. The third kappa shape index (κ3) is 1.12. The Morgan fingerprint density at radius 2 is 2.36 bits per heavy atom. The molecule has 3 nitrogen and oxygen atoms in total. The topological polar surface area (TPSA) is 37.3 Å². The molecule has 0 aromatic carbocycles. The Morgan fingerprint density at radius 1 is 1.36 bits per heavy atom. The van der Waals surface area contributed by atoms with Crippen LogP contribution in [-0.4, -0.2) is 11.2 Å². The van der Waals surface area contributed by atoms with Crippen LogP contribution >= 0.6 is 0 Å². The van der Waals surface area contributed by atoms with Crippen LogP contribution in [0.25, 0.3) is 0 Å². The van der Waals surface area contributed by atoms with E-state index >= 15 is 0 Å². The SMILES string of the molecule is C1=CNc2cccnc2N=C1. The molecule has 0 spiro atoms. The van der Waals surface area contributed by atoms with E-state index in [1.54, 1.807) is 12.4 Å². The molecule has 0 atom stereocenters. The maximum absolute atomic E-state index is 4.10. The van der Waals surface area contributed by atoms with E-state index in [2.05, 4.69) is 15.3 Å². The van der Waals surface area contributed by atoms with Gasteiger partial charge in [-0.1, -0.05) is 0 Å². The quantitative estimate of drug-likeness (QED) is 0.603. The molecule has 0 bridgehead atoms. The van der Waals surface area contributed by atoms with Crippen molar-refractivity contribution in [3.63, 3.8) is 0 Å². The van der Waals surface area contributed by atoms with E-state index in [9.17, 15) is 0 Å². The van der Waals surface area contributed by atoms with E-state index in [1.165, 1.54) is 0 Å². The van der Waals surface area contributed by atoms with Gasteiger partial charge in [0.25, 0.3) is 0 Å². The third-order valence-electron chi connectivity index (χ3n) is 1.40. The van der Waals surface area contributed by atoms with Crippen molar-refractivity contribution < 1.29 is 0 Å². The Balaban J connectivity index is 2.52. The Kier molecular flexibility index (Phi) is 1.41. The lowest BCUT2D eigenvalue weighted by atomic mass is 10.4. The van der Waals surface area contributed by atoms with Crippen LogP contribution in [0.3, 0.4) is 0 Å². The Morgan fingerprint density at radius 3 is 3.36 bits per heavy atom. The Bertz CT molecular complexity index is 315. The molecule has 0 amide bonds. The number of aliphatic imine (C=N–C) groups is 1. The van der Waals surface area contributed by atoms with Crippen molar-refractivity contribution in [1.29, 1.82) is 0 Å². The number of fused-ring (bicyclic) bond motifs is 1. The summed E-state index contributed by atoms with van der Waals surface area (Å²) in [5.41, 5.74) is 0.942. The van der Waals surface area contributed by atoms with Crippen LogP contribution in [0.2, 0.25) is 0 Å². The van der Waals surface area contributed by atoms with Gasteiger partial charge in [-0.15, -0.1) is 0 Å². The molecule has 1 aromatic rings. The molecule has 11 heavy (non-hydrogen) atoms. The van der Waals surface area contributed by atoms with Gasteiger partial charge in [-0.25, -0.2) is 9.98 Å². The van der Waals surface area contributed by atoms with E-state index in [0.29, 0.717) is 0 Å². The summed E-state index contributed by atoms with van der Waals surface area (Å²) in [6.45, 7) is 0. The number of nitrogens with zero attached hydrogens (tertiary/aromatic N) is 2. The third-order valence-corrected chi connectivity index (χ3v) is 1.40. The summed E-state index contributed by atoms with van der Waals surface area (Å²) in [4.78, 5) is 8.18. The molecular weight excluding hydrogens is 138 g/mol. The van der Waals surface area contributed by atoms with Crippen LogP contribution in [0.15, 0.2) is 35.6 Å². The van der Waals surface area contributed by atoms with E-state index in [-0.39, 0.29) is 0 Å². The molecule has 54 valence electrons. The average molecular weight is 145 g/mol. The summed E-state index contributed by atoms with van der Waals surface area (Å²) >= 11 is 0. The van der Waals surface area contributed by atoms with E-state index < -0.39 is 0 Å². The van der Waals surface area contributed by atoms with Crippen molar-refractivity contribution in [2.45, 2.75) is 0 Å². The first kappa shape index (κ1) is 6.09. The van der Waals surface area contributed by atoms with Crippen LogP contribution in [0.4, 0.5) is 11.5 Å². The summed E-state index contributed by atoms with van der Waals surface area (Å²) in [6, 6.07) is 3.82. The van der Waals surface area contributed by atoms with Gasteiger partial charge in [-0.05, 0) is 18.2 Å². The van der Waals surface area contributed by atoms with Crippen LogP contribution < -0.4 is 5.32 Å². The highest BCUT2D eigenvalue weighted by atomic mass is 15.0. The van der Waals surface area contributed by atoms with Gasteiger partial charge >= 0.3 is 0 Å². The fraction of sp³-hybridized carbons (Fsp3) is 0.